The Balaban J connectivity index is 1.39. The highest BCUT2D eigenvalue weighted by Crippen LogP contribution is 2.23. The molecule has 1 atom stereocenters. The molecular weight excluding hydrogens is 568 g/mol. The van der Waals surface area contributed by atoms with Crippen molar-refractivity contribution in [2.45, 2.75) is 121 Å². The van der Waals surface area contributed by atoms with Gasteiger partial charge in [-0.15, -0.1) is 5.10 Å². The number of hydrazone groups is 1. The first kappa shape index (κ1) is 33.4. The van der Waals surface area contributed by atoms with Gasteiger partial charge in [0.05, 0.1) is 16.1 Å². The summed E-state index contributed by atoms with van der Waals surface area (Å²) in [6.07, 6.45) is 22.0. The smallest absolute Gasteiger partial charge is 0.276 e. The standard InChI is InChI=1S/C35H50N6O2S/c1-3-4-5-6-7-8-9-10-11-12-13-14-15-16-22-33(37-39-44(42,43)31-26-24-30(2)25-27-31)35(40-28-19-20-29-40)41-34-23-18-17-21-32(34)36-38-41/h17-21,23-29,35,39H,3-16,22H2,1-2H3. The number of fused-ring (bicyclic) bond motifs is 1. The molecule has 0 aliphatic carbocycles. The lowest BCUT2D eigenvalue weighted by atomic mass is 10.0. The summed E-state index contributed by atoms with van der Waals surface area (Å²) >= 11 is 0. The van der Waals surface area contributed by atoms with Crippen molar-refractivity contribution in [3.05, 3.63) is 78.6 Å². The van der Waals surface area contributed by atoms with Crippen LogP contribution in [-0.4, -0.2) is 33.7 Å². The second kappa shape index (κ2) is 17.7. The van der Waals surface area contributed by atoms with Crippen LogP contribution in [0.5, 0.6) is 0 Å². The zero-order chi connectivity index (χ0) is 31.0. The fourth-order valence-electron chi connectivity index (χ4n) is 5.65. The van der Waals surface area contributed by atoms with Crippen LogP contribution in [0.2, 0.25) is 0 Å². The molecule has 1 unspecified atom stereocenters. The van der Waals surface area contributed by atoms with E-state index in [1.807, 2.05) is 65.0 Å². The maximum atomic E-state index is 13.2. The van der Waals surface area contributed by atoms with E-state index in [9.17, 15) is 8.42 Å². The molecule has 0 fully saturated rings. The van der Waals surface area contributed by atoms with Crippen LogP contribution in [0.1, 0.15) is 115 Å². The molecule has 1 N–H and O–H groups in total. The molecule has 0 radical (unpaired) electrons. The van der Waals surface area contributed by atoms with Crippen molar-refractivity contribution in [3.63, 3.8) is 0 Å². The minimum absolute atomic E-state index is 0.186. The molecular formula is C35H50N6O2S. The van der Waals surface area contributed by atoms with Gasteiger partial charge in [0.2, 0.25) is 0 Å². The molecule has 0 aliphatic rings. The highest BCUT2D eigenvalue weighted by atomic mass is 32.2. The van der Waals surface area contributed by atoms with Crippen LogP contribution in [0.15, 0.2) is 83.1 Å². The second-order valence-corrected chi connectivity index (χ2v) is 13.5. The number of rotatable bonds is 21. The van der Waals surface area contributed by atoms with E-state index in [0.29, 0.717) is 12.1 Å². The molecule has 0 amide bonds. The third-order valence-electron chi connectivity index (χ3n) is 8.24. The van der Waals surface area contributed by atoms with Crippen molar-refractivity contribution in [2.75, 3.05) is 0 Å². The second-order valence-electron chi connectivity index (χ2n) is 11.9. The van der Waals surface area contributed by atoms with E-state index >= 15 is 0 Å². The molecule has 0 saturated heterocycles. The summed E-state index contributed by atoms with van der Waals surface area (Å²) in [5.74, 6) is 0. The fourth-order valence-corrected chi connectivity index (χ4v) is 6.49. The van der Waals surface area contributed by atoms with Crippen LogP contribution in [0.3, 0.4) is 0 Å². The van der Waals surface area contributed by atoms with Crippen molar-refractivity contribution in [3.8, 4) is 0 Å². The number of hydrogen-bond donors (Lipinski definition) is 1. The molecule has 238 valence electrons. The van der Waals surface area contributed by atoms with Crippen LogP contribution in [0.25, 0.3) is 11.0 Å². The van der Waals surface area contributed by atoms with E-state index in [-0.39, 0.29) is 4.90 Å². The molecule has 2 aromatic carbocycles. The van der Waals surface area contributed by atoms with Gasteiger partial charge in [-0.1, -0.05) is 125 Å². The first-order valence-corrected chi connectivity index (χ1v) is 18.1. The topological polar surface area (TPSA) is 94.2 Å². The summed E-state index contributed by atoms with van der Waals surface area (Å²) in [4.78, 5) is 2.72. The zero-order valence-electron chi connectivity index (χ0n) is 26.6. The van der Waals surface area contributed by atoms with Crippen molar-refractivity contribution < 1.29 is 8.42 Å². The normalized spacial score (nSPS) is 13.0. The Morgan fingerprint density at radius 1 is 0.773 bits per heavy atom. The molecule has 2 aromatic heterocycles. The third kappa shape index (κ3) is 10.0. The lowest BCUT2D eigenvalue weighted by Crippen LogP contribution is -2.30. The van der Waals surface area contributed by atoms with Gasteiger partial charge in [-0.2, -0.15) is 18.4 Å². The van der Waals surface area contributed by atoms with E-state index in [2.05, 4.69) is 27.2 Å². The Morgan fingerprint density at radius 2 is 1.34 bits per heavy atom. The molecule has 2 heterocycles. The lowest BCUT2D eigenvalue weighted by Gasteiger charge is -2.22. The molecule has 4 aromatic rings. The van der Waals surface area contributed by atoms with Gasteiger partial charge in [0.15, 0.2) is 6.17 Å². The average molecular weight is 619 g/mol. The fraction of sp³-hybridized carbons (Fsp3) is 0.514. The zero-order valence-corrected chi connectivity index (χ0v) is 27.4. The van der Waals surface area contributed by atoms with Crippen molar-refractivity contribution in [2.24, 2.45) is 5.10 Å². The SMILES string of the molecule is CCCCCCCCCCCCCCCCC(=NNS(=O)(=O)c1ccc(C)cc1)C(n1cccc1)n1nnc2ccccc21. The van der Waals surface area contributed by atoms with Gasteiger partial charge in [-0.25, -0.2) is 4.68 Å². The van der Waals surface area contributed by atoms with E-state index in [4.69, 9.17) is 0 Å². The third-order valence-corrected chi connectivity index (χ3v) is 9.47. The Morgan fingerprint density at radius 3 is 1.95 bits per heavy atom. The molecule has 8 nitrogen and oxygen atoms in total. The Kier molecular flexibility index (Phi) is 13.5. The van der Waals surface area contributed by atoms with Gasteiger partial charge >= 0.3 is 0 Å². The Bertz CT molecular complexity index is 1510. The number of aromatic nitrogens is 4. The summed E-state index contributed by atoms with van der Waals surface area (Å²) in [6.45, 7) is 4.20. The summed E-state index contributed by atoms with van der Waals surface area (Å²) in [5, 5.41) is 13.4. The summed E-state index contributed by atoms with van der Waals surface area (Å²) in [7, 11) is -3.84. The van der Waals surface area contributed by atoms with Crippen molar-refractivity contribution in [1.29, 1.82) is 0 Å². The minimum atomic E-state index is -3.84. The van der Waals surface area contributed by atoms with Gasteiger partial charge in [0.25, 0.3) is 10.0 Å². The predicted octanol–water partition coefficient (Wildman–Crippen LogP) is 8.79. The molecule has 44 heavy (non-hydrogen) atoms. The molecule has 9 heteroatoms. The first-order valence-electron chi connectivity index (χ1n) is 16.6. The summed E-state index contributed by atoms with van der Waals surface area (Å²) in [6, 6.07) is 18.5. The molecule has 0 bridgehead atoms. The van der Waals surface area contributed by atoms with E-state index in [0.717, 1.165) is 29.4 Å². The molecule has 0 saturated carbocycles. The number of nitrogens with zero attached hydrogens (tertiary/aromatic N) is 5. The van der Waals surface area contributed by atoms with Gasteiger partial charge in [-0.05, 0) is 56.2 Å². The number of para-hydroxylation sites is 1. The first-order chi connectivity index (χ1) is 21.5. The van der Waals surface area contributed by atoms with Crippen LogP contribution >= 0.6 is 0 Å². The van der Waals surface area contributed by atoms with E-state index in [1.165, 1.54) is 77.0 Å². The predicted molar refractivity (Wildman–Crippen MR) is 180 cm³/mol. The van der Waals surface area contributed by atoms with E-state index < -0.39 is 16.2 Å². The maximum Gasteiger partial charge on any atom is 0.276 e. The number of hydrogen-bond acceptors (Lipinski definition) is 5. The lowest BCUT2D eigenvalue weighted by molar-refractivity contribution is 0.485. The number of unbranched alkanes of at least 4 members (excludes halogenated alkanes) is 13. The Hall–Kier alpha value is -3.46. The summed E-state index contributed by atoms with van der Waals surface area (Å²) < 4.78 is 30.2. The number of sulfonamides is 1. The minimum Gasteiger partial charge on any atom is -0.327 e. The van der Waals surface area contributed by atoms with Crippen molar-refractivity contribution >= 4 is 26.8 Å². The van der Waals surface area contributed by atoms with Crippen LogP contribution in [0, 0.1) is 6.92 Å². The van der Waals surface area contributed by atoms with Crippen LogP contribution < -0.4 is 4.83 Å². The van der Waals surface area contributed by atoms with Crippen LogP contribution in [-0.2, 0) is 10.0 Å². The van der Waals surface area contributed by atoms with Gasteiger partial charge in [0, 0.05) is 12.4 Å². The summed E-state index contributed by atoms with van der Waals surface area (Å²) in [5.41, 5.74) is 3.32. The van der Waals surface area contributed by atoms with Gasteiger partial charge in [0.1, 0.15) is 5.52 Å². The van der Waals surface area contributed by atoms with Gasteiger partial charge in [-0.3, -0.25) is 0 Å². The number of benzene rings is 2. The maximum absolute atomic E-state index is 13.2. The average Bonchev–Trinajstić information content (AvgIpc) is 3.71. The highest BCUT2D eigenvalue weighted by Gasteiger charge is 2.24. The monoisotopic (exact) mass is 618 g/mol. The molecule has 4 rings (SSSR count). The Labute approximate surface area is 264 Å². The van der Waals surface area contributed by atoms with Gasteiger partial charge < -0.3 is 4.57 Å². The molecule has 0 spiro atoms. The quantitative estimate of drug-likeness (QED) is 0.0574. The number of nitrogens with one attached hydrogen (secondary N) is 1. The van der Waals surface area contributed by atoms with Crippen molar-refractivity contribution in [1.82, 2.24) is 24.4 Å². The number of aryl methyl sites for hydroxylation is 1. The van der Waals surface area contributed by atoms with Crippen LogP contribution in [0.4, 0.5) is 0 Å². The molecule has 0 aliphatic heterocycles. The largest absolute Gasteiger partial charge is 0.327 e. The highest BCUT2D eigenvalue weighted by molar-refractivity contribution is 7.89. The van der Waals surface area contributed by atoms with E-state index in [1.54, 1.807) is 24.3 Å².